The van der Waals surface area contributed by atoms with Crippen molar-refractivity contribution in [1.29, 1.82) is 0 Å². The van der Waals surface area contributed by atoms with Gasteiger partial charge in [0, 0.05) is 12.3 Å². The number of nitrogens with zero attached hydrogens (tertiary/aromatic N) is 1. The van der Waals surface area contributed by atoms with Crippen LogP contribution in [0.1, 0.15) is 20.8 Å². The summed E-state index contributed by atoms with van der Waals surface area (Å²) in [6, 6.07) is 0. The van der Waals surface area contributed by atoms with Crippen molar-refractivity contribution in [1.82, 2.24) is 4.90 Å². The highest BCUT2D eigenvalue weighted by molar-refractivity contribution is 8.00. The zero-order valence-corrected chi connectivity index (χ0v) is 12.4. The van der Waals surface area contributed by atoms with Crippen LogP contribution in [0.5, 0.6) is 0 Å². The summed E-state index contributed by atoms with van der Waals surface area (Å²) in [6.45, 7) is 5.70. The highest BCUT2D eigenvalue weighted by Crippen LogP contribution is 2.25. The van der Waals surface area contributed by atoms with Crippen molar-refractivity contribution in [3.05, 3.63) is 0 Å². The molecule has 7 heteroatoms. The summed E-state index contributed by atoms with van der Waals surface area (Å²) in [6.07, 6.45) is -1.87. The van der Waals surface area contributed by atoms with E-state index in [0.29, 0.717) is 12.3 Å². The molecule has 6 nitrogen and oxygen atoms in total. The van der Waals surface area contributed by atoms with Crippen LogP contribution in [0.3, 0.4) is 0 Å². The molecule has 1 aliphatic rings. The van der Waals surface area contributed by atoms with E-state index in [1.165, 1.54) is 16.7 Å². The third kappa shape index (κ3) is 5.56. The maximum atomic E-state index is 11.8. The fourth-order valence-corrected chi connectivity index (χ4v) is 2.85. The monoisotopic (exact) mass is 293 g/mol. The van der Waals surface area contributed by atoms with Crippen LogP contribution in [0.2, 0.25) is 0 Å². The van der Waals surface area contributed by atoms with Gasteiger partial charge in [0.05, 0.1) is 30.6 Å². The van der Waals surface area contributed by atoms with E-state index >= 15 is 0 Å². The summed E-state index contributed by atoms with van der Waals surface area (Å²) < 4.78 is 5.24. The van der Waals surface area contributed by atoms with Crippen molar-refractivity contribution in [3.8, 4) is 0 Å². The number of hydrogen-bond donors (Lipinski definition) is 3. The second-order valence-electron chi connectivity index (χ2n) is 5.66. The fraction of sp³-hybridized carbons (Fsp3) is 0.917. The lowest BCUT2D eigenvalue weighted by Gasteiger charge is -2.24. The van der Waals surface area contributed by atoms with Crippen molar-refractivity contribution in [2.75, 3.05) is 25.4 Å². The number of likely N-dealkylation sites (tertiary alicyclic amines) is 1. The van der Waals surface area contributed by atoms with Crippen molar-refractivity contribution >= 4 is 17.9 Å². The minimum Gasteiger partial charge on any atom is -0.444 e. The lowest BCUT2D eigenvalue weighted by molar-refractivity contribution is 0.0270. The van der Waals surface area contributed by atoms with Crippen LogP contribution in [0.15, 0.2) is 0 Å². The first-order chi connectivity index (χ1) is 8.73. The smallest absolute Gasteiger partial charge is 0.410 e. The lowest BCUT2D eigenvalue weighted by Crippen LogP contribution is -2.36. The second-order valence-corrected chi connectivity index (χ2v) is 6.93. The maximum Gasteiger partial charge on any atom is 0.410 e. The van der Waals surface area contributed by atoms with Gasteiger partial charge >= 0.3 is 6.09 Å². The number of thioether (sulfide) groups is 1. The van der Waals surface area contributed by atoms with E-state index in [2.05, 4.69) is 0 Å². The molecule has 0 aromatic rings. The summed E-state index contributed by atoms with van der Waals surface area (Å²) >= 11 is 1.35. The summed E-state index contributed by atoms with van der Waals surface area (Å²) in [4.78, 5) is 13.3. The van der Waals surface area contributed by atoms with Crippen LogP contribution in [-0.4, -0.2) is 74.8 Å². The van der Waals surface area contributed by atoms with Crippen LogP contribution in [-0.2, 0) is 4.74 Å². The van der Waals surface area contributed by atoms with E-state index in [1.54, 1.807) is 20.8 Å². The van der Waals surface area contributed by atoms with Gasteiger partial charge in [-0.05, 0) is 20.8 Å². The second kappa shape index (κ2) is 6.78. The van der Waals surface area contributed by atoms with Gasteiger partial charge in [-0.25, -0.2) is 4.79 Å². The van der Waals surface area contributed by atoms with Crippen molar-refractivity contribution < 1.29 is 24.9 Å². The van der Waals surface area contributed by atoms with Crippen LogP contribution < -0.4 is 0 Å². The molecular formula is C12H23NO5S. The molecule has 1 saturated heterocycles. The third-order valence-electron chi connectivity index (χ3n) is 2.60. The van der Waals surface area contributed by atoms with E-state index in [0.717, 1.165) is 0 Å². The molecule has 0 radical (unpaired) electrons. The number of carbonyl (C=O) groups is 1. The Labute approximate surface area is 117 Å². The number of carbonyl (C=O) groups excluding carboxylic acids is 1. The van der Waals surface area contributed by atoms with Gasteiger partial charge in [0.2, 0.25) is 0 Å². The summed E-state index contributed by atoms with van der Waals surface area (Å²) in [5, 5.41) is 27.7. The molecule has 1 aliphatic heterocycles. The number of ether oxygens (including phenoxy) is 1. The molecule has 1 rings (SSSR count). The zero-order chi connectivity index (χ0) is 14.6. The minimum atomic E-state index is -0.798. The Balaban J connectivity index is 2.43. The van der Waals surface area contributed by atoms with Gasteiger partial charge < -0.3 is 25.0 Å². The van der Waals surface area contributed by atoms with Gasteiger partial charge in [-0.2, -0.15) is 11.8 Å². The first kappa shape index (κ1) is 16.6. The van der Waals surface area contributed by atoms with Crippen LogP contribution in [0, 0.1) is 0 Å². The Morgan fingerprint density at radius 3 is 2.63 bits per heavy atom. The summed E-state index contributed by atoms with van der Waals surface area (Å²) in [7, 11) is 0. The summed E-state index contributed by atoms with van der Waals surface area (Å²) in [5.74, 6) is 0.334. The van der Waals surface area contributed by atoms with E-state index in [-0.39, 0.29) is 18.4 Å². The number of amides is 1. The number of aliphatic hydroxyl groups excluding tert-OH is 3. The average molecular weight is 293 g/mol. The van der Waals surface area contributed by atoms with Crippen molar-refractivity contribution in [3.63, 3.8) is 0 Å². The molecule has 112 valence electrons. The Morgan fingerprint density at radius 2 is 2.11 bits per heavy atom. The Kier molecular flexibility index (Phi) is 5.91. The predicted molar refractivity (Wildman–Crippen MR) is 73.2 cm³/mol. The Morgan fingerprint density at radius 1 is 1.47 bits per heavy atom. The summed E-state index contributed by atoms with van der Waals surface area (Å²) in [5.41, 5.74) is -0.555. The molecule has 1 heterocycles. The zero-order valence-electron chi connectivity index (χ0n) is 11.6. The molecule has 3 N–H and O–H groups in total. The molecule has 1 unspecified atom stereocenters. The Hall–Kier alpha value is -0.500. The third-order valence-corrected chi connectivity index (χ3v) is 4.07. The largest absolute Gasteiger partial charge is 0.444 e. The van der Waals surface area contributed by atoms with Gasteiger partial charge in [0.1, 0.15) is 5.60 Å². The number of aliphatic hydroxyl groups is 3. The first-order valence-electron chi connectivity index (χ1n) is 6.29. The lowest BCUT2D eigenvalue weighted by atomic mass is 10.2. The highest BCUT2D eigenvalue weighted by Gasteiger charge is 2.36. The fourth-order valence-electron chi connectivity index (χ4n) is 1.68. The molecule has 0 saturated carbocycles. The highest BCUT2D eigenvalue weighted by atomic mass is 32.2. The van der Waals surface area contributed by atoms with Gasteiger partial charge in [-0.15, -0.1) is 0 Å². The van der Waals surface area contributed by atoms with Gasteiger partial charge in [-0.3, -0.25) is 0 Å². The SMILES string of the molecule is CC(C)(C)OC(=O)N1C[C@@H](O)[C@H](SCC(O)CO)C1. The molecule has 0 bridgehead atoms. The number of hydrogen-bond acceptors (Lipinski definition) is 6. The Bertz CT molecular complexity index is 307. The molecule has 0 aliphatic carbocycles. The molecule has 0 spiro atoms. The molecule has 0 aromatic carbocycles. The number of β-amino-alcohol motifs (C(OH)–C–C–N with tert-alkyl or cyclic N) is 1. The van der Waals surface area contributed by atoms with Gasteiger partial charge in [0.25, 0.3) is 0 Å². The normalized spacial score (nSPS) is 25.5. The van der Waals surface area contributed by atoms with Gasteiger partial charge in [0.15, 0.2) is 0 Å². The minimum absolute atomic E-state index is 0.159. The molecule has 1 amide bonds. The van der Waals surface area contributed by atoms with Gasteiger partial charge in [-0.1, -0.05) is 0 Å². The van der Waals surface area contributed by atoms with Crippen molar-refractivity contribution in [2.24, 2.45) is 0 Å². The van der Waals surface area contributed by atoms with Crippen molar-refractivity contribution in [2.45, 2.75) is 43.8 Å². The predicted octanol–water partition coefficient (Wildman–Crippen LogP) is 0.0530. The maximum absolute atomic E-state index is 11.8. The standard InChI is InChI=1S/C12H23NO5S/c1-12(2,3)18-11(17)13-4-9(16)10(5-13)19-7-8(15)6-14/h8-10,14-16H,4-7H2,1-3H3/t8?,9-,10-/m1/s1. The number of rotatable bonds is 4. The van der Waals surface area contributed by atoms with Crippen LogP contribution in [0.25, 0.3) is 0 Å². The quantitative estimate of drug-likeness (QED) is 0.679. The molecule has 3 atom stereocenters. The first-order valence-corrected chi connectivity index (χ1v) is 7.34. The molecule has 0 aromatic heterocycles. The van der Waals surface area contributed by atoms with E-state index in [9.17, 15) is 15.0 Å². The van der Waals surface area contributed by atoms with E-state index < -0.39 is 23.9 Å². The van der Waals surface area contributed by atoms with E-state index in [1.807, 2.05) is 0 Å². The van der Waals surface area contributed by atoms with E-state index in [4.69, 9.17) is 9.84 Å². The molecular weight excluding hydrogens is 270 g/mol. The van der Waals surface area contributed by atoms with Crippen LogP contribution >= 0.6 is 11.8 Å². The van der Waals surface area contributed by atoms with Crippen LogP contribution in [0.4, 0.5) is 4.79 Å². The topological polar surface area (TPSA) is 90.2 Å². The molecule has 1 fully saturated rings. The average Bonchev–Trinajstić information content (AvgIpc) is 2.65. The molecule has 19 heavy (non-hydrogen) atoms.